The summed E-state index contributed by atoms with van der Waals surface area (Å²) >= 11 is 6.10. The Morgan fingerprint density at radius 1 is 1.11 bits per heavy atom. The van der Waals surface area contributed by atoms with Crippen molar-refractivity contribution in [2.24, 2.45) is 5.73 Å². The minimum atomic E-state index is 0.188. The molecule has 0 saturated carbocycles. The van der Waals surface area contributed by atoms with Gasteiger partial charge in [-0.15, -0.1) is 0 Å². The summed E-state index contributed by atoms with van der Waals surface area (Å²) in [4.78, 5) is 3.29. The molecule has 0 bridgehead atoms. The summed E-state index contributed by atoms with van der Waals surface area (Å²) in [6.45, 7) is 0.573. The third-order valence-corrected chi connectivity index (χ3v) is 3.72. The zero-order valence-electron chi connectivity index (χ0n) is 10.4. The Morgan fingerprint density at radius 3 is 2.63 bits per heavy atom. The van der Waals surface area contributed by atoms with Gasteiger partial charge in [0.2, 0.25) is 0 Å². The van der Waals surface area contributed by atoms with Crippen LogP contribution >= 0.6 is 11.6 Å². The van der Waals surface area contributed by atoms with Crippen LogP contribution in [0, 0.1) is 0 Å². The molecule has 3 heteroatoms. The Labute approximate surface area is 117 Å². The number of H-pyrrole nitrogens is 1. The van der Waals surface area contributed by atoms with E-state index < -0.39 is 0 Å². The standard InChI is InChI=1S/C16H15ClN2/c17-12-6-7-16-13(8-12)15(10-19-16)14(9-18)11-4-2-1-3-5-11/h1-8,10,14,19H,9,18H2. The molecule has 1 atom stereocenters. The Morgan fingerprint density at radius 2 is 1.89 bits per heavy atom. The molecule has 3 rings (SSSR count). The summed E-state index contributed by atoms with van der Waals surface area (Å²) in [7, 11) is 0. The van der Waals surface area contributed by atoms with Crippen LogP contribution in [0.15, 0.2) is 54.7 Å². The highest BCUT2D eigenvalue weighted by Gasteiger charge is 2.16. The van der Waals surface area contributed by atoms with Gasteiger partial charge in [0, 0.05) is 34.6 Å². The average molecular weight is 271 g/mol. The van der Waals surface area contributed by atoms with Gasteiger partial charge in [-0.3, -0.25) is 0 Å². The van der Waals surface area contributed by atoms with Crippen LogP contribution in [0.5, 0.6) is 0 Å². The zero-order chi connectivity index (χ0) is 13.2. The van der Waals surface area contributed by atoms with E-state index in [0.29, 0.717) is 6.54 Å². The molecule has 3 aromatic rings. The molecule has 0 radical (unpaired) electrons. The van der Waals surface area contributed by atoms with Crippen LogP contribution in [-0.4, -0.2) is 11.5 Å². The quantitative estimate of drug-likeness (QED) is 0.744. The maximum atomic E-state index is 6.10. The van der Waals surface area contributed by atoms with Crippen LogP contribution in [0.2, 0.25) is 5.02 Å². The Hall–Kier alpha value is -1.77. The lowest BCUT2D eigenvalue weighted by Gasteiger charge is -2.14. The number of nitrogens with two attached hydrogens (primary N) is 1. The van der Waals surface area contributed by atoms with Crippen molar-refractivity contribution in [2.45, 2.75) is 5.92 Å². The van der Waals surface area contributed by atoms with Gasteiger partial charge in [-0.25, -0.2) is 0 Å². The first-order valence-corrected chi connectivity index (χ1v) is 6.69. The number of aromatic amines is 1. The van der Waals surface area contributed by atoms with Crippen LogP contribution in [-0.2, 0) is 0 Å². The van der Waals surface area contributed by atoms with Crippen LogP contribution in [0.4, 0.5) is 0 Å². The first kappa shape index (κ1) is 12.3. The van der Waals surface area contributed by atoms with Crippen molar-refractivity contribution >= 4 is 22.5 Å². The van der Waals surface area contributed by atoms with E-state index in [9.17, 15) is 0 Å². The molecule has 0 amide bonds. The van der Waals surface area contributed by atoms with Gasteiger partial charge >= 0.3 is 0 Å². The van der Waals surface area contributed by atoms with Gasteiger partial charge in [0.1, 0.15) is 0 Å². The number of benzene rings is 2. The Balaban J connectivity index is 2.14. The number of halogens is 1. The average Bonchev–Trinajstić information content (AvgIpc) is 2.84. The highest BCUT2D eigenvalue weighted by Crippen LogP contribution is 2.31. The van der Waals surface area contributed by atoms with Crippen molar-refractivity contribution in [1.82, 2.24) is 4.98 Å². The van der Waals surface area contributed by atoms with E-state index in [1.807, 2.05) is 42.6 Å². The minimum Gasteiger partial charge on any atom is -0.361 e. The lowest BCUT2D eigenvalue weighted by atomic mass is 9.91. The molecule has 1 heterocycles. The fourth-order valence-corrected chi connectivity index (χ4v) is 2.70. The molecule has 96 valence electrons. The van der Waals surface area contributed by atoms with E-state index in [4.69, 9.17) is 17.3 Å². The van der Waals surface area contributed by atoms with Gasteiger partial charge in [0.25, 0.3) is 0 Å². The molecule has 0 saturated heterocycles. The third-order valence-electron chi connectivity index (χ3n) is 3.49. The van der Waals surface area contributed by atoms with Gasteiger partial charge in [-0.2, -0.15) is 0 Å². The summed E-state index contributed by atoms with van der Waals surface area (Å²) in [5.41, 5.74) is 9.50. The first-order valence-electron chi connectivity index (χ1n) is 6.31. The number of nitrogens with one attached hydrogen (secondary N) is 1. The second-order valence-electron chi connectivity index (χ2n) is 4.63. The van der Waals surface area contributed by atoms with E-state index >= 15 is 0 Å². The summed E-state index contributed by atoms with van der Waals surface area (Å²) in [6.07, 6.45) is 2.03. The molecule has 3 N–H and O–H groups in total. The fourth-order valence-electron chi connectivity index (χ4n) is 2.53. The topological polar surface area (TPSA) is 41.8 Å². The lowest BCUT2D eigenvalue weighted by Crippen LogP contribution is -2.13. The maximum absolute atomic E-state index is 6.10. The molecule has 0 spiro atoms. The third kappa shape index (κ3) is 2.25. The molecule has 1 unspecified atom stereocenters. The predicted octanol–water partition coefficient (Wildman–Crippen LogP) is 3.91. The normalized spacial score (nSPS) is 12.7. The van der Waals surface area contributed by atoms with E-state index in [0.717, 1.165) is 15.9 Å². The van der Waals surface area contributed by atoms with Gasteiger partial charge in [-0.05, 0) is 29.3 Å². The largest absolute Gasteiger partial charge is 0.361 e. The van der Waals surface area contributed by atoms with Gasteiger partial charge < -0.3 is 10.7 Å². The summed E-state index contributed by atoms with van der Waals surface area (Å²) in [6, 6.07) is 16.2. The van der Waals surface area contributed by atoms with Crippen molar-refractivity contribution in [3.63, 3.8) is 0 Å². The monoisotopic (exact) mass is 270 g/mol. The fraction of sp³-hybridized carbons (Fsp3) is 0.125. The van der Waals surface area contributed by atoms with Crippen molar-refractivity contribution in [3.8, 4) is 0 Å². The summed E-state index contributed by atoms with van der Waals surface area (Å²) < 4.78 is 0. The van der Waals surface area contributed by atoms with E-state index in [2.05, 4.69) is 17.1 Å². The van der Waals surface area contributed by atoms with Crippen molar-refractivity contribution in [3.05, 3.63) is 70.9 Å². The van der Waals surface area contributed by atoms with Crippen molar-refractivity contribution in [1.29, 1.82) is 0 Å². The number of hydrogen-bond donors (Lipinski definition) is 2. The zero-order valence-corrected chi connectivity index (χ0v) is 11.2. The molecule has 1 aromatic heterocycles. The molecule has 2 nitrogen and oxygen atoms in total. The maximum Gasteiger partial charge on any atom is 0.0458 e. The van der Waals surface area contributed by atoms with E-state index in [-0.39, 0.29) is 5.92 Å². The second kappa shape index (κ2) is 5.08. The predicted molar refractivity (Wildman–Crippen MR) is 80.6 cm³/mol. The lowest BCUT2D eigenvalue weighted by molar-refractivity contribution is 0.825. The molecule has 0 aliphatic heterocycles. The number of aromatic nitrogens is 1. The van der Waals surface area contributed by atoms with E-state index in [1.165, 1.54) is 11.1 Å². The molecule has 0 aliphatic carbocycles. The highest BCUT2D eigenvalue weighted by atomic mass is 35.5. The summed E-state index contributed by atoms with van der Waals surface area (Å²) in [5, 5.41) is 1.89. The second-order valence-corrected chi connectivity index (χ2v) is 5.07. The molecular formula is C16H15ClN2. The van der Waals surface area contributed by atoms with Crippen LogP contribution in [0.1, 0.15) is 17.0 Å². The molecule has 0 aliphatic rings. The van der Waals surface area contributed by atoms with Crippen molar-refractivity contribution in [2.75, 3.05) is 6.54 Å². The van der Waals surface area contributed by atoms with Crippen LogP contribution < -0.4 is 5.73 Å². The van der Waals surface area contributed by atoms with Crippen LogP contribution in [0.3, 0.4) is 0 Å². The van der Waals surface area contributed by atoms with Crippen molar-refractivity contribution < 1.29 is 0 Å². The smallest absolute Gasteiger partial charge is 0.0458 e. The highest BCUT2D eigenvalue weighted by molar-refractivity contribution is 6.31. The van der Waals surface area contributed by atoms with Gasteiger partial charge in [-0.1, -0.05) is 41.9 Å². The summed E-state index contributed by atoms with van der Waals surface area (Å²) in [5.74, 6) is 0.188. The molecular weight excluding hydrogens is 256 g/mol. The number of rotatable bonds is 3. The van der Waals surface area contributed by atoms with Gasteiger partial charge in [0.15, 0.2) is 0 Å². The number of hydrogen-bond acceptors (Lipinski definition) is 1. The SMILES string of the molecule is NCC(c1ccccc1)c1c[nH]c2ccc(Cl)cc12. The van der Waals surface area contributed by atoms with Gasteiger partial charge in [0.05, 0.1) is 0 Å². The van der Waals surface area contributed by atoms with E-state index in [1.54, 1.807) is 0 Å². The van der Waals surface area contributed by atoms with Crippen LogP contribution in [0.25, 0.3) is 10.9 Å². The Bertz CT molecular complexity index is 688. The molecule has 2 aromatic carbocycles. The molecule has 0 fully saturated rings. The molecule has 19 heavy (non-hydrogen) atoms. The minimum absolute atomic E-state index is 0.188. The Kier molecular flexibility index (Phi) is 3.28. The number of fused-ring (bicyclic) bond motifs is 1. The first-order chi connectivity index (χ1) is 9.29.